The van der Waals surface area contributed by atoms with Crippen LogP contribution in [0.1, 0.15) is 50.7 Å². The average molecular weight is 401 g/mol. The number of hydrogen-bond donors (Lipinski definition) is 2. The van der Waals surface area contributed by atoms with Crippen LogP contribution in [-0.4, -0.2) is 18.5 Å². The lowest BCUT2D eigenvalue weighted by Gasteiger charge is -2.17. The lowest BCUT2D eigenvalue weighted by Crippen LogP contribution is -2.42. The molecule has 4 heteroatoms. The van der Waals surface area contributed by atoms with E-state index in [2.05, 4.69) is 48.7 Å². The molecule has 0 amide bonds. The van der Waals surface area contributed by atoms with E-state index in [-0.39, 0.29) is 24.0 Å². The highest BCUT2D eigenvalue weighted by molar-refractivity contribution is 14.0. The molecule has 1 aliphatic rings. The second-order valence-electron chi connectivity index (χ2n) is 5.44. The first-order valence-electron chi connectivity index (χ1n) is 7.95. The van der Waals surface area contributed by atoms with Crippen molar-refractivity contribution in [3.05, 3.63) is 35.4 Å². The molecule has 0 heterocycles. The molecule has 0 radical (unpaired) electrons. The number of aryl methyl sites for hydroxylation is 1. The first-order chi connectivity index (χ1) is 9.83. The lowest BCUT2D eigenvalue weighted by atomic mass is 10.1. The minimum Gasteiger partial charge on any atom is -0.357 e. The largest absolute Gasteiger partial charge is 0.357 e. The topological polar surface area (TPSA) is 36.4 Å². The molecule has 1 saturated carbocycles. The van der Waals surface area contributed by atoms with Gasteiger partial charge in [0.2, 0.25) is 0 Å². The molecule has 0 saturated heterocycles. The Morgan fingerprint density at radius 2 is 1.81 bits per heavy atom. The molecular formula is C17H28IN3. The number of nitrogens with one attached hydrogen (secondary N) is 2. The van der Waals surface area contributed by atoms with Crippen molar-refractivity contribution in [2.24, 2.45) is 4.99 Å². The Labute approximate surface area is 146 Å². The molecule has 1 fully saturated rings. The van der Waals surface area contributed by atoms with Crippen molar-refractivity contribution >= 4 is 29.9 Å². The molecule has 1 aromatic carbocycles. The van der Waals surface area contributed by atoms with E-state index in [1.165, 1.54) is 36.8 Å². The van der Waals surface area contributed by atoms with Crippen molar-refractivity contribution in [2.45, 2.75) is 58.5 Å². The second kappa shape index (κ2) is 10.0. The molecule has 1 aromatic rings. The maximum atomic E-state index is 4.75. The standard InChI is InChI=1S/C17H27N3.HI/c1-3-14-9-5-6-10-15(14)13-19-17(18-4-2)20-16-11-7-8-12-16;/h5-6,9-10,16H,3-4,7-8,11-13H2,1-2H3,(H2,18,19,20);1H. The molecule has 0 bridgehead atoms. The van der Waals surface area contributed by atoms with E-state index in [1.807, 2.05) is 0 Å². The van der Waals surface area contributed by atoms with Crippen LogP contribution >= 0.6 is 24.0 Å². The van der Waals surface area contributed by atoms with Gasteiger partial charge in [0.15, 0.2) is 5.96 Å². The fourth-order valence-electron chi connectivity index (χ4n) is 2.80. The number of hydrogen-bond acceptors (Lipinski definition) is 1. The fraction of sp³-hybridized carbons (Fsp3) is 0.588. The lowest BCUT2D eigenvalue weighted by molar-refractivity contribution is 0.614. The molecule has 2 rings (SSSR count). The van der Waals surface area contributed by atoms with Crippen LogP contribution in [-0.2, 0) is 13.0 Å². The highest BCUT2D eigenvalue weighted by Gasteiger charge is 2.15. The number of aliphatic imine (C=N–C) groups is 1. The van der Waals surface area contributed by atoms with Gasteiger partial charge in [0, 0.05) is 12.6 Å². The van der Waals surface area contributed by atoms with Gasteiger partial charge in [-0.2, -0.15) is 0 Å². The smallest absolute Gasteiger partial charge is 0.191 e. The van der Waals surface area contributed by atoms with Crippen molar-refractivity contribution in [3.63, 3.8) is 0 Å². The Morgan fingerprint density at radius 3 is 2.43 bits per heavy atom. The van der Waals surface area contributed by atoms with E-state index in [1.54, 1.807) is 0 Å². The number of nitrogens with zero attached hydrogens (tertiary/aromatic N) is 1. The molecule has 3 nitrogen and oxygen atoms in total. The van der Waals surface area contributed by atoms with Crippen molar-refractivity contribution in [1.29, 1.82) is 0 Å². The second-order valence-corrected chi connectivity index (χ2v) is 5.44. The maximum Gasteiger partial charge on any atom is 0.191 e. The normalized spacial score (nSPS) is 15.6. The average Bonchev–Trinajstić information content (AvgIpc) is 2.98. The van der Waals surface area contributed by atoms with E-state index in [0.717, 1.165) is 25.5 Å². The van der Waals surface area contributed by atoms with Gasteiger partial charge in [-0.15, -0.1) is 24.0 Å². The number of benzene rings is 1. The summed E-state index contributed by atoms with van der Waals surface area (Å²) < 4.78 is 0. The molecule has 0 aliphatic heterocycles. The monoisotopic (exact) mass is 401 g/mol. The summed E-state index contributed by atoms with van der Waals surface area (Å²) in [4.78, 5) is 4.75. The zero-order valence-electron chi connectivity index (χ0n) is 13.2. The van der Waals surface area contributed by atoms with Gasteiger partial charge in [-0.05, 0) is 37.3 Å². The summed E-state index contributed by atoms with van der Waals surface area (Å²) in [5.41, 5.74) is 2.73. The minimum absolute atomic E-state index is 0. The Bertz CT molecular complexity index is 439. The van der Waals surface area contributed by atoms with E-state index >= 15 is 0 Å². The van der Waals surface area contributed by atoms with Crippen LogP contribution in [0.4, 0.5) is 0 Å². The molecule has 1 aliphatic carbocycles. The van der Waals surface area contributed by atoms with Gasteiger partial charge in [0.05, 0.1) is 6.54 Å². The Kier molecular flexibility index (Phi) is 8.73. The molecule has 2 N–H and O–H groups in total. The van der Waals surface area contributed by atoms with Gasteiger partial charge >= 0.3 is 0 Å². The van der Waals surface area contributed by atoms with Crippen LogP contribution in [0.15, 0.2) is 29.3 Å². The number of halogens is 1. The van der Waals surface area contributed by atoms with E-state index < -0.39 is 0 Å². The van der Waals surface area contributed by atoms with Crippen LogP contribution in [0.3, 0.4) is 0 Å². The zero-order valence-corrected chi connectivity index (χ0v) is 15.5. The number of rotatable bonds is 5. The van der Waals surface area contributed by atoms with Crippen LogP contribution < -0.4 is 10.6 Å². The summed E-state index contributed by atoms with van der Waals surface area (Å²) in [6, 6.07) is 9.19. The van der Waals surface area contributed by atoms with Crippen LogP contribution in [0.25, 0.3) is 0 Å². The third kappa shape index (κ3) is 5.85. The molecule has 0 unspecified atom stereocenters. The molecular weight excluding hydrogens is 373 g/mol. The van der Waals surface area contributed by atoms with E-state index in [9.17, 15) is 0 Å². The summed E-state index contributed by atoms with van der Waals surface area (Å²) in [6.45, 7) is 5.98. The highest BCUT2D eigenvalue weighted by atomic mass is 127. The highest BCUT2D eigenvalue weighted by Crippen LogP contribution is 2.17. The zero-order chi connectivity index (χ0) is 14.2. The molecule has 118 valence electrons. The number of guanidine groups is 1. The summed E-state index contributed by atoms with van der Waals surface area (Å²) >= 11 is 0. The van der Waals surface area contributed by atoms with Crippen LogP contribution in [0, 0.1) is 0 Å². The van der Waals surface area contributed by atoms with Gasteiger partial charge in [-0.3, -0.25) is 0 Å². The molecule has 21 heavy (non-hydrogen) atoms. The van der Waals surface area contributed by atoms with Crippen molar-refractivity contribution in [1.82, 2.24) is 10.6 Å². The van der Waals surface area contributed by atoms with Crippen molar-refractivity contribution in [2.75, 3.05) is 6.54 Å². The van der Waals surface area contributed by atoms with Crippen LogP contribution in [0.2, 0.25) is 0 Å². The van der Waals surface area contributed by atoms with E-state index in [0.29, 0.717) is 6.04 Å². The molecule has 0 spiro atoms. The molecule has 0 aromatic heterocycles. The molecule has 0 atom stereocenters. The SMILES string of the molecule is CCNC(=NCc1ccccc1CC)NC1CCCC1.I. The Hall–Kier alpha value is -0.780. The Morgan fingerprint density at radius 1 is 1.14 bits per heavy atom. The minimum atomic E-state index is 0. The van der Waals surface area contributed by atoms with Gasteiger partial charge < -0.3 is 10.6 Å². The first kappa shape index (κ1) is 18.3. The van der Waals surface area contributed by atoms with Crippen LogP contribution in [0.5, 0.6) is 0 Å². The van der Waals surface area contributed by atoms with E-state index in [4.69, 9.17) is 4.99 Å². The third-order valence-corrected chi connectivity index (χ3v) is 3.95. The predicted octanol–water partition coefficient (Wildman–Crippen LogP) is 3.86. The fourth-order valence-corrected chi connectivity index (χ4v) is 2.80. The Balaban J connectivity index is 0.00000220. The van der Waals surface area contributed by atoms with Gasteiger partial charge in [0.25, 0.3) is 0 Å². The quantitative estimate of drug-likeness (QED) is 0.447. The summed E-state index contributed by atoms with van der Waals surface area (Å²) in [5.74, 6) is 0.963. The van der Waals surface area contributed by atoms with Crippen molar-refractivity contribution < 1.29 is 0 Å². The summed E-state index contributed by atoms with van der Waals surface area (Å²) in [6.07, 6.45) is 6.30. The third-order valence-electron chi connectivity index (χ3n) is 3.95. The van der Waals surface area contributed by atoms with Gasteiger partial charge in [-0.1, -0.05) is 44.0 Å². The predicted molar refractivity (Wildman–Crippen MR) is 101 cm³/mol. The summed E-state index contributed by atoms with van der Waals surface area (Å²) in [7, 11) is 0. The first-order valence-corrected chi connectivity index (χ1v) is 7.95. The summed E-state index contributed by atoms with van der Waals surface area (Å²) in [5, 5.41) is 6.92. The van der Waals surface area contributed by atoms with Gasteiger partial charge in [-0.25, -0.2) is 4.99 Å². The van der Waals surface area contributed by atoms with Crippen molar-refractivity contribution in [3.8, 4) is 0 Å². The van der Waals surface area contributed by atoms with Gasteiger partial charge in [0.1, 0.15) is 0 Å². The maximum absolute atomic E-state index is 4.75.